The van der Waals surface area contributed by atoms with E-state index >= 15 is 0 Å². The third-order valence-electron chi connectivity index (χ3n) is 4.02. The number of hydrogen-bond donors (Lipinski definition) is 1. The van der Waals surface area contributed by atoms with Crippen LogP contribution in [0.1, 0.15) is 59.7 Å². The summed E-state index contributed by atoms with van der Waals surface area (Å²) in [5.41, 5.74) is 1.97. The molecule has 2 nitrogen and oxygen atoms in total. The number of nitrogens with one attached hydrogen (secondary N) is 1. The molecule has 0 radical (unpaired) electrons. The van der Waals surface area contributed by atoms with Gasteiger partial charge in [-0.1, -0.05) is 27.7 Å². The van der Waals surface area contributed by atoms with Gasteiger partial charge in [0, 0.05) is 35.7 Å². The molecular formula is C20H32F2N2. The van der Waals surface area contributed by atoms with Gasteiger partial charge in [0.25, 0.3) is 0 Å². The highest BCUT2D eigenvalue weighted by Gasteiger charge is 2.30. The zero-order chi connectivity index (χ0) is 18.5. The lowest BCUT2D eigenvalue weighted by Gasteiger charge is -2.36. The van der Waals surface area contributed by atoms with Crippen molar-refractivity contribution in [2.45, 2.75) is 73.1 Å². The largest absolute Gasteiger partial charge is 0.357 e. The van der Waals surface area contributed by atoms with E-state index in [1.54, 1.807) is 13.8 Å². The Bertz CT molecular complexity index is 641. The van der Waals surface area contributed by atoms with Crippen LogP contribution in [0, 0.1) is 5.82 Å². The molecule has 0 saturated carbocycles. The van der Waals surface area contributed by atoms with E-state index in [-0.39, 0.29) is 5.82 Å². The average Bonchev–Trinajstić information content (AvgIpc) is 2.86. The van der Waals surface area contributed by atoms with Gasteiger partial charge in [0.15, 0.2) is 0 Å². The number of aromatic nitrogens is 1. The first kappa shape index (κ1) is 20.6. The summed E-state index contributed by atoms with van der Waals surface area (Å²) in [6.07, 6.45) is 0.872. The molecule has 1 atom stereocenters. The molecule has 0 fully saturated rings. The summed E-state index contributed by atoms with van der Waals surface area (Å²) < 4.78 is 27.2. The van der Waals surface area contributed by atoms with Crippen LogP contribution in [0.15, 0.2) is 18.2 Å². The first-order chi connectivity index (χ1) is 11.3. The van der Waals surface area contributed by atoms with Crippen LogP contribution in [0.4, 0.5) is 8.78 Å². The molecule has 136 valence electrons. The van der Waals surface area contributed by atoms with E-state index < -0.39 is 5.67 Å². The molecule has 0 amide bonds. The summed E-state index contributed by atoms with van der Waals surface area (Å²) in [6, 6.07) is 5.16. The third-order valence-corrected chi connectivity index (χ3v) is 4.02. The van der Waals surface area contributed by atoms with Crippen molar-refractivity contribution >= 4 is 10.9 Å². The van der Waals surface area contributed by atoms with Crippen LogP contribution < -0.4 is 0 Å². The van der Waals surface area contributed by atoms with E-state index in [0.29, 0.717) is 19.1 Å². The Morgan fingerprint density at radius 3 is 2.42 bits per heavy atom. The molecule has 1 aliphatic rings. The first-order valence-electron chi connectivity index (χ1n) is 9.05. The lowest BCUT2D eigenvalue weighted by molar-refractivity contribution is 0.0853. The standard InChI is InChI=1S/C16H20F2N2.2C2H6/c1-10-6-13-12-5-4-11(17)7-14(12)19-15(13)8-20(10)9-16(2,3)18;2*1-2/h4-5,7,10,19H,6,8-9H2,1-3H3;2*1-2H3. The molecule has 2 heterocycles. The Hall–Kier alpha value is -1.42. The number of H-pyrrole nitrogens is 1. The number of hydrogen-bond acceptors (Lipinski definition) is 1. The van der Waals surface area contributed by atoms with Gasteiger partial charge in [-0.2, -0.15) is 0 Å². The Kier molecular flexibility index (Phi) is 7.40. The highest BCUT2D eigenvalue weighted by atomic mass is 19.1. The maximum atomic E-state index is 13.9. The molecule has 1 aromatic heterocycles. The fourth-order valence-corrected chi connectivity index (χ4v) is 3.13. The predicted molar refractivity (Wildman–Crippen MR) is 99.7 cm³/mol. The summed E-state index contributed by atoms with van der Waals surface area (Å²) in [4.78, 5) is 5.44. The molecule has 4 heteroatoms. The first-order valence-corrected chi connectivity index (χ1v) is 9.05. The maximum Gasteiger partial charge on any atom is 0.125 e. The summed E-state index contributed by atoms with van der Waals surface area (Å²) >= 11 is 0. The van der Waals surface area contributed by atoms with Crippen LogP contribution in [-0.2, 0) is 13.0 Å². The minimum absolute atomic E-state index is 0.231. The second kappa shape index (κ2) is 8.61. The van der Waals surface area contributed by atoms with Gasteiger partial charge in [-0.15, -0.1) is 0 Å². The van der Waals surface area contributed by atoms with E-state index in [1.807, 2.05) is 33.8 Å². The number of halogens is 2. The van der Waals surface area contributed by atoms with E-state index in [9.17, 15) is 8.78 Å². The number of nitrogens with zero attached hydrogens (tertiary/aromatic N) is 1. The van der Waals surface area contributed by atoms with Crippen molar-refractivity contribution in [3.63, 3.8) is 0 Å². The molecule has 1 unspecified atom stereocenters. The summed E-state index contributed by atoms with van der Waals surface area (Å²) in [6.45, 7) is 14.4. The average molecular weight is 338 g/mol. The number of fused-ring (bicyclic) bond motifs is 3. The molecule has 0 bridgehead atoms. The van der Waals surface area contributed by atoms with Gasteiger partial charge in [0.1, 0.15) is 11.5 Å². The third kappa shape index (κ3) is 4.79. The van der Waals surface area contributed by atoms with Crippen LogP contribution in [0.25, 0.3) is 10.9 Å². The summed E-state index contributed by atoms with van der Waals surface area (Å²) in [7, 11) is 0. The van der Waals surface area contributed by atoms with Gasteiger partial charge in [0.05, 0.1) is 0 Å². The topological polar surface area (TPSA) is 19.0 Å². The van der Waals surface area contributed by atoms with Crippen molar-refractivity contribution < 1.29 is 8.78 Å². The van der Waals surface area contributed by atoms with Crippen LogP contribution in [0.3, 0.4) is 0 Å². The molecule has 24 heavy (non-hydrogen) atoms. The van der Waals surface area contributed by atoms with E-state index in [2.05, 4.69) is 16.8 Å². The van der Waals surface area contributed by atoms with Crippen molar-refractivity contribution in [1.29, 1.82) is 0 Å². The smallest absolute Gasteiger partial charge is 0.125 e. The van der Waals surface area contributed by atoms with E-state index in [0.717, 1.165) is 23.0 Å². The minimum atomic E-state index is -1.20. The SMILES string of the molecule is CC.CC.CC1Cc2c([nH]c3cc(F)ccc23)CN1CC(C)(C)F. The molecule has 1 N–H and O–H groups in total. The van der Waals surface area contributed by atoms with Crippen molar-refractivity contribution in [1.82, 2.24) is 9.88 Å². The van der Waals surface area contributed by atoms with E-state index in [4.69, 9.17) is 0 Å². The summed E-state index contributed by atoms with van der Waals surface area (Å²) in [5.74, 6) is -0.231. The van der Waals surface area contributed by atoms with Gasteiger partial charge in [-0.3, -0.25) is 4.90 Å². The van der Waals surface area contributed by atoms with Crippen LogP contribution in [0.5, 0.6) is 0 Å². The normalized spacial score (nSPS) is 17.5. The fourth-order valence-electron chi connectivity index (χ4n) is 3.13. The predicted octanol–water partition coefficient (Wildman–Crippen LogP) is 5.85. The fraction of sp³-hybridized carbons (Fsp3) is 0.600. The second-order valence-corrected chi connectivity index (χ2v) is 6.45. The molecule has 0 saturated heterocycles. The maximum absolute atomic E-state index is 13.9. The number of alkyl halides is 1. The van der Waals surface area contributed by atoms with E-state index in [1.165, 1.54) is 17.7 Å². The Morgan fingerprint density at radius 1 is 1.21 bits per heavy atom. The molecule has 2 aromatic rings. The number of benzene rings is 1. The van der Waals surface area contributed by atoms with Gasteiger partial charge >= 0.3 is 0 Å². The van der Waals surface area contributed by atoms with Crippen molar-refractivity contribution in [2.75, 3.05) is 6.54 Å². The number of rotatable bonds is 2. The highest BCUT2D eigenvalue weighted by molar-refractivity contribution is 5.85. The summed E-state index contributed by atoms with van der Waals surface area (Å²) in [5, 5.41) is 1.09. The van der Waals surface area contributed by atoms with Gasteiger partial charge < -0.3 is 4.98 Å². The van der Waals surface area contributed by atoms with Gasteiger partial charge in [0.2, 0.25) is 0 Å². The highest BCUT2D eigenvalue weighted by Crippen LogP contribution is 2.31. The monoisotopic (exact) mass is 338 g/mol. The quantitative estimate of drug-likeness (QED) is 0.727. The zero-order valence-electron chi connectivity index (χ0n) is 16.1. The van der Waals surface area contributed by atoms with Crippen molar-refractivity contribution in [3.8, 4) is 0 Å². The van der Waals surface area contributed by atoms with Gasteiger partial charge in [-0.05, 0) is 51.0 Å². The molecule has 0 spiro atoms. The van der Waals surface area contributed by atoms with Crippen molar-refractivity contribution in [2.24, 2.45) is 0 Å². The number of aromatic amines is 1. The second-order valence-electron chi connectivity index (χ2n) is 6.45. The molecule has 1 aromatic carbocycles. The lowest BCUT2D eigenvalue weighted by atomic mass is 9.96. The van der Waals surface area contributed by atoms with Crippen molar-refractivity contribution in [3.05, 3.63) is 35.3 Å². The minimum Gasteiger partial charge on any atom is -0.357 e. The zero-order valence-corrected chi connectivity index (χ0v) is 16.1. The van der Waals surface area contributed by atoms with Crippen LogP contribution >= 0.6 is 0 Å². The molecule has 1 aliphatic heterocycles. The van der Waals surface area contributed by atoms with Gasteiger partial charge in [-0.25, -0.2) is 8.78 Å². The molecular weight excluding hydrogens is 306 g/mol. The van der Waals surface area contributed by atoms with Crippen LogP contribution in [0.2, 0.25) is 0 Å². The Balaban J connectivity index is 0.000000671. The Morgan fingerprint density at radius 2 is 1.83 bits per heavy atom. The Labute approximate surface area is 145 Å². The lowest BCUT2D eigenvalue weighted by Crippen LogP contribution is -2.44. The molecule has 0 aliphatic carbocycles. The van der Waals surface area contributed by atoms with Crippen LogP contribution in [-0.4, -0.2) is 28.1 Å². The molecule has 3 rings (SSSR count).